The molecular formula is C29H30Cl2F3N3O4S. The van der Waals surface area contributed by atoms with Crippen molar-refractivity contribution in [3.05, 3.63) is 94.0 Å². The summed E-state index contributed by atoms with van der Waals surface area (Å²) in [6, 6.07) is 14.4. The average Bonchev–Trinajstić information content (AvgIpc) is 2.95. The zero-order valence-electron chi connectivity index (χ0n) is 23.0. The lowest BCUT2D eigenvalue weighted by molar-refractivity contribution is -0.139. The summed E-state index contributed by atoms with van der Waals surface area (Å²) >= 11 is 12.2. The molecule has 7 nitrogen and oxygen atoms in total. The maximum atomic E-state index is 13.9. The van der Waals surface area contributed by atoms with Crippen molar-refractivity contribution in [2.45, 2.75) is 56.9 Å². The van der Waals surface area contributed by atoms with Gasteiger partial charge in [0, 0.05) is 17.6 Å². The van der Waals surface area contributed by atoms with E-state index in [1.807, 2.05) is 6.92 Å². The monoisotopic (exact) mass is 643 g/mol. The molecule has 3 aromatic carbocycles. The molecule has 1 N–H and O–H groups in total. The largest absolute Gasteiger partial charge is 0.416 e. The topological polar surface area (TPSA) is 86.8 Å². The maximum absolute atomic E-state index is 13.9. The van der Waals surface area contributed by atoms with E-state index in [0.717, 1.165) is 17.0 Å². The Bertz CT molecular complexity index is 1500. The molecule has 0 fully saturated rings. The van der Waals surface area contributed by atoms with Crippen LogP contribution >= 0.6 is 23.2 Å². The maximum Gasteiger partial charge on any atom is 0.416 e. The van der Waals surface area contributed by atoms with E-state index in [2.05, 4.69) is 5.32 Å². The van der Waals surface area contributed by atoms with Crippen LogP contribution in [-0.4, -0.2) is 43.8 Å². The molecule has 0 aliphatic carbocycles. The molecule has 0 saturated heterocycles. The summed E-state index contributed by atoms with van der Waals surface area (Å²) in [4.78, 5) is 27.9. The van der Waals surface area contributed by atoms with Crippen LogP contribution in [0.2, 0.25) is 10.0 Å². The molecule has 0 aliphatic rings. The van der Waals surface area contributed by atoms with Gasteiger partial charge in [0.25, 0.3) is 10.0 Å². The first-order valence-corrected chi connectivity index (χ1v) is 15.1. The highest BCUT2D eigenvalue weighted by atomic mass is 35.5. The van der Waals surface area contributed by atoms with Gasteiger partial charge in [0.1, 0.15) is 12.6 Å². The van der Waals surface area contributed by atoms with Gasteiger partial charge >= 0.3 is 6.18 Å². The van der Waals surface area contributed by atoms with E-state index >= 15 is 0 Å². The molecule has 2 atom stereocenters. The number of carbonyl (C=O) groups excluding carboxylic acids is 2. The van der Waals surface area contributed by atoms with E-state index in [9.17, 15) is 31.2 Å². The van der Waals surface area contributed by atoms with Crippen molar-refractivity contribution >= 4 is 50.7 Å². The molecule has 0 saturated carbocycles. The third-order valence-electron chi connectivity index (χ3n) is 6.59. The summed E-state index contributed by atoms with van der Waals surface area (Å²) < 4.78 is 69.1. The van der Waals surface area contributed by atoms with Crippen LogP contribution in [0.3, 0.4) is 0 Å². The molecular weight excluding hydrogens is 614 g/mol. The van der Waals surface area contributed by atoms with Crippen LogP contribution < -0.4 is 9.62 Å². The second-order valence-corrected chi connectivity index (χ2v) is 12.3. The Kier molecular flexibility index (Phi) is 10.9. The number of rotatable bonds is 11. The summed E-state index contributed by atoms with van der Waals surface area (Å²) in [5.74, 6) is -1.33. The number of amides is 2. The number of alkyl halides is 3. The minimum absolute atomic E-state index is 0.110. The number of halogens is 5. The van der Waals surface area contributed by atoms with Crippen molar-refractivity contribution in [2.75, 3.05) is 10.8 Å². The Morgan fingerprint density at radius 1 is 0.952 bits per heavy atom. The third-order valence-corrected chi connectivity index (χ3v) is 8.93. The van der Waals surface area contributed by atoms with E-state index in [1.165, 1.54) is 31.2 Å². The lowest BCUT2D eigenvalue weighted by atomic mass is 10.1. The van der Waals surface area contributed by atoms with Gasteiger partial charge in [0.15, 0.2) is 0 Å². The standard InChI is InChI=1S/C29H30Cl2F3N3O4S/c1-4-19(2)35-28(39)20(3)36(17-21-10-13-23(30)14-11-21)27(38)18-37(42(40,41)24-8-6-5-7-9-24)26-16-22(29(32,33)34)12-15-25(26)31/h5-16,19-20H,4,17-18H2,1-3H3,(H,35,39)/t19-,20-/m0/s1. The van der Waals surface area contributed by atoms with E-state index in [0.29, 0.717) is 27.4 Å². The molecule has 0 unspecified atom stereocenters. The van der Waals surface area contributed by atoms with Crippen LogP contribution in [0.4, 0.5) is 18.9 Å². The fourth-order valence-corrected chi connectivity index (χ4v) is 5.79. The molecule has 0 bridgehead atoms. The molecule has 42 heavy (non-hydrogen) atoms. The number of nitrogens with zero attached hydrogens (tertiary/aromatic N) is 2. The number of carbonyl (C=O) groups is 2. The Morgan fingerprint density at radius 2 is 1.57 bits per heavy atom. The van der Waals surface area contributed by atoms with Crippen molar-refractivity contribution in [3.63, 3.8) is 0 Å². The average molecular weight is 645 g/mol. The van der Waals surface area contributed by atoms with Gasteiger partial charge in [-0.05, 0) is 68.3 Å². The lowest BCUT2D eigenvalue weighted by Crippen LogP contribution is -2.52. The first kappa shape index (κ1) is 33.2. The van der Waals surface area contributed by atoms with Crippen LogP contribution in [0.1, 0.15) is 38.3 Å². The van der Waals surface area contributed by atoms with E-state index in [4.69, 9.17) is 23.2 Å². The van der Waals surface area contributed by atoms with Gasteiger partial charge in [-0.1, -0.05) is 60.5 Å². The number of hydrogen-bond donors (Lipinski definition) is 1. The highest BCUT2D eigenvalue weighted by Gasteiger charge is 2.36. The van der Waals surface area contributed by atoms with Crippen LogP contribution in [0.25, 0.3) is 0 Å². The predicted molar refractivity (Wildman–Crippen MR) is 157 cm³/mol. The second-order valence-electron chi connectivity index (χ2n) is 9.63. The number of sulfonamides is 1. The fraction of sp³-hybridized carbons (Fsp3) is 0.310. The second kappa shape index (κ2) is 13.8. The molecule has 2 amide bonds. The molecule has 0 heterocycles. The molecule has 226 valence electrons. The van der Waals surface area contributed by atoms with Crippen molar-refractivity contribution in [1.29, 1.82) is 0 Å². The first-order chi connectivity index (χ1) is 19.6. The molecule has 0 radical (unpaired) electrons. The van der Waals surface area contributed by atoms with E-state index in [1.54, 1.807) is 37.3 Å². The summed E-state index contributed by atoms with van der Waals surface area (Å²) in [5.41, 5.74) is -1.10. The van der Waals surface area contributed by atoms with Gasteiger partial charge in [-0.2, -0.15) is 13.2 Å². The minimum atomic E-state index is -4.81. The zero-order chi connectivity index (χ0) is 31.2. The normalized spacial score (nSPS) is 13.2. The summed E-state index contributed by atoms with van der Waals surface area (Å²) in [7, 11) is -4.60. The number of nitrogens with one attached hydrogen (secondary N) is 1. The SMILES string of the molecule is CC[C@H](C)NC(=O)[C@H](C)N(Cc1ccc(Cl)cc1)C(=O)CN(c1cc(C(F)(F)F)ccc1Cl)S(=O)(=O)c1ccccc1. The van der Waals surface area contributed by atoms with Gasteiger partial charge in [-0.25, -0.2) is 8.42 Å². The van der Waals surface area contributed by atoms with Crippen LogP contribution in [0.5, 0.6) is 0 Å². The van der Waals surface area contributed by atoms with Gasteiger partial charge in [-0.15, -0.1) is 0 Å². The molecule has 0 aliphatic heterocycles. The molecule has 3 aromatic rings. The third kappa shape index (κ3) is 8.17. The predicted octanol–water partition coefficient (Wildman–Crippen LogP) is 6.54. The van der Waals surface area contributed by atoms with Crippen molar-refractivity contribution in [3.8, 4) is 0 Å². The fourth-order valence-electron chi connectivity index (χ4n) is 3.95. The van der Waals surface area contributed by atoms with E-state index < -0.39 is 51.9 Å². The molecule has 0 spiro atoms. The smallest absolute Gasteiger partial charge is 0.352 e. The lowest BCUT2D eigenvalue weighted by Gasteiger charge is -2.33. The van der Waals surface area contributed by atoms with Gasteiger partial charge in [-0.3, -0.25) is 13.9 Å². The first-order valence-electron chi connectivity index (χ1n) is 12.9. The number of anilines is 1. The molecule has 3 rings (SSSR count). The summed E-state index contributed by atoms with van der Waals surface area (Å²) in [5, 5.41) is 2.93. The van der Waals surface area contributed by atoms with Crippen molar-refractivity contribution in [1.82, 2.24) is 10.2 Å². The number of benzene rings is 3. The zero-order valence-corrected chi connectivity index (χ0v) is 25.4. The molecule has 0 aromatic heterocycles. The summed E-state index contributed by atoms with van der Waals surface area (Å²) in [6.07, 6.45) is -4.19. The van der Waals surface area contributed by atoms with Gasteiger partial charge in [0.05, 0.1) is 21.2 Å². The van der Waals surface area contributed by atoms with E-state index in [-0.39, 0.29) is 22.5 Å². The minimum Gasteiger partial charge on any atom is -0.352 e. The quantitative estimate of drug-likeness (QED) is 0.257. The highest BCUT2D eigenvalue weighted by Crippen LogP contribution is 2.37. The molecule has 13 heteroatoms. The summed E-state index contributed by atoms with van der Waals surface area (Å²) in [6.45, 7) is 4.10. The van der Waals surface area contributed by atoms with Gasteiger partial charge < -0.3 is 10.2 Å². The van der Waals surface area contributed by atoms with Crippen molar-refractivity contribution in [2.24, 2.45) is 0 Å². The van der Waals surface area contributed by atoms with Crippen molar-refractivity contribution < 1.29 is 31.2 Å². The Balaban J connectivity index is 2.11. The Labute approximate surface area is 253 Å². The van der Waals surface area contributed by atoms with Crippen LogP contribution in [0.15, 0.2) is 77.7 Å². The highest BCUT2D eigenvalue weighted by molar-refractivity contribution is 7.92. The Hall–Kier alpha value is -3.28. The number of hydrogen-bond acceptors (Lipinski definition) is 4. The van der Waals surface area contributed by atoms with Gasteiger partial charge in [0.2, 0.25) is 11.8 Å². The van der Waals surface area contributed by atoms with Crippen LogP contribution in [-0.2, 0) is 32.3 Å². The van der Waals surface area contributed by atoms with Crippen LogP contribution in [0, 0.1) is 0 Å². The Morgan fingerprint density at radius 3 is 2.14 bits per heavy atom.